The monoisotopic (exact) mass is 192 g/mol. The predicted molar refractivity (Wildman–Crippen MR) is 58.4 cm³/mol. The number of allylic oxidation sites excluding steroid dienone is 2. The number of hydrogen-bond donors (Lipinski definition) is 1. The largest absolute Gasteiger partial charge is 0.480 e. The Hall–Kier alpha value is -1.51. The summed E-state index contributed by atoms with van der Waals surface area (Å²) in [5.74, 6) is 0.554. The van der Waals surface area contributed by atoms with E-state index in [0.29, 0.717) is 5.88 Å². The molecule has 0 bridgehead atoms. The van der Waals surface area contributed by atoms with Crippen molar-refractivity contribution in [2.45, 2.75) is 20.3 Å². The second kappa shape index (κ2) is 4.65. The van der Waals surface area contributed by atoms with Crippen LogP contribution in [0.2, 0.25) is 0 Å². The van der Waals surface area contributed by atoms with Crippen molar-refractivity contribution < 1.29 is 4.74 Å². The molecule has 3 heteroatoms. The molecule has 1 N–H and O–H groups in total. The van der Waals surface area contributed by atoms with E-state index in [-0.39, 0.29) is 0 Å². The minimum atomic E-state index is 0.554. The summed E-state index contributed by atoms with van der Waals surface area (Å²) in [7, 11) is 1.59. The van der Waals surface area contributed by atoms with Crippen LogP contribution in [-0.2, 0) is 0 Å². The van der Waals surface area contributed by atoms with Crippen molar-refractivity contribution in [2.24, 2.45) is 0 Å². The Labute approximate surface area is 83.8 Å². The van der Waals surface area contributed by atoms with E-state index < -0.39 is 0 Å². The summed E-state index contributed by atoms with van der Waals surface area (Å²) < 4.78 is 5.01. The molecule has 1 rings (SSSR count). The smallest absolute Gasteiger partial charge is 0.239 e. The van der Waals surface area contributed by atoms with Crippen molar-refractivity contribution >= 4 is 12.7 Å². The minimum Gasteiger partial charge on any atom is -0.480 e. The van der Waals surface area contributed by atoms with Crippen LogP contribution in [0, 0.1) is 0 Å². The fraction of sp³-hybridized carbons (Fsp3) is 0.364. The highest BCUT2D eigenvalue weighted by molar-refractivity contribution is 5.38. The molecule has 0 aromatic carbocycles. The Morgan fingerprint density at radius 1 is 1.64 bits per heavy atom. The van der Waals surface area contributed by atoms with Crippen molar-refractivity contribution in [3.63, 3.8) is 0 Å². The zero-order chi connectivity index (χ0) is 10.6. The van der Waals surface area contributed by atoms with Gasteiger partial charge in [-0.1, -0.05) is 25.2 Å². The number of aromatic nitrogens is 2. The summed E-state index contributed by atoms with van der Waals surface area (Å²) in [6.45, 7) is 8.09. The molecular weight excluding hydrogens is 176 g/mol. The predicted octanol–water partition coefficient (Wildman–Crippen LogP) is 0.965. The number of nitrogens with one attached hydrogen (secondary N) is 1. The standard InChI is InChI=1S/C11H16N2O/c1-5-8(2)6-7-10-9(3)11(14-4)13-12-10/h6-7,12H,3,5H2,1-2,4H3/b8-6-,10-7+. The third-order valence-corrected chi connectivity index (χ3v) is 2.15. The number of hydrogen-bond acceptors (Lipinski definition) is 2. The lowest BCUT2D eigenvalue weighted by Gasteiger charge is -1.88. The Kier molecular flexibility index (Phi) is 3.51. The van der Waals surface area contributed by atoms with E-state index in [0.717, 1.165) is 17.0 Å². The van der Waals surface area contributed by atoms with Gasteiger partial charge in [-0.25, -0.2) is 0 Å². The van der Waals surface area contributed by atoms with E-state index in [1.54, 1.807) is 7.11 Å². The molecule has 1 aromatic heterocycles. The molecule has 0 fully saturated rings. The van der Waals surface area contributed by atoms with Crippen LogP contribution in [0.25, 0.3) is 12.7 Å². The van der Waals surface area contributed by atoms with E-state index in [9.17, 15) is 0 Å². The first kappa shape index (κ1) is 10.6. The average Bonchev–Trinajstić information content (AvgIpc) is 2.56. The van der Waals surface area contributed by atoms with Crippen molar-refractivity contribution in [1.82, 2.24) is 10.2 Å². The number of aromatic amines is 1. The molecule has 0 aliphatic heterocycles. The number of nitrogens with zero attached hydrogens (tertiary/aromatic N) is 1. The summed E-state index contributed by atoms with van der Waals surface area (Å²) >= 11 is 0. The van der Waals surface area contributed by atoms with Crippen LogP contribution in [0.4, 0.5) is 0 Å². The van der Waals surface area contributed by atoms with Crippen LogP contribution < -0.4 is 15.3 Å². The van der Waals surface area contributed by atoms with Crippen molar-refractivity contribution in [2.75, 3.05) is 7.11 Å². The van der Waals surface area contributed by atoms with Crippen LogP contribution in [0.3, 0.4) is 0 Å². The Morgan fingerprint density at radius 2 is 2.36 bits per heavy atom. The Bertz CT molecular complexity index is 429. The first-order valence-electron chi connectivity index (χ1n) is 4.63. The molecule has 0 saturated carbocycles. The van der Waals surface area contributed by atoms with Crippen LogP contribution in [0.5, 0.6) is 5.88 Å². The lowest BCUT2D eigenvalue weighted by molar-refractivity contribution is 0.394. The van der Waals surface area contributed by atoms with Gasteiger partial charge in [-0.05, 0) is 19.4 Å². The van der Waals surface area contributed by atoms with Gasteiger partial charge in [0.15, 0.2) is 0 Å². The molecule has 0 atom stereocenters. The number of methoxy groups -OCH3 is 1. The van der Waals surface area contributed by atoms with E-state index in [2.05, 4.69) is 36.7 Å². The minimum absolute atomic E-state index is 0.554. The molecule has 0 unspecified atom stereocenters. The quantitative estimate of drug-likeness (QED) is 0.774. The fourth-order valence-corrected chi connectivity index (χ4v) is 1.01. The van der Waals surface area contributed by atoms with Crippen molar-refractivity contribution in [3.05, 3.63) is 22.2 Å². The highest BCUT2D eigenvalue weighted by Gasteiger charge is 1.95. The highest BCUT2D eigenvalue weighted by Crippen LogP contribution is 1.96. The second-order valence-corrected chi connectivity index (χ2v) is 3.16. The molecular formula is C11H16N2O. The topological polar surface area (TPSA) is 37.9 Å². The van der Waals surface area contributed by atoms with Gasteiger partial charge in [-0.3, -0.25) is 5.10 Å². The van der Waals surface area contributed by atoms with Crippen LogP contribution in [0.15, 0.2) is 11.6 Å². The van der Waals surface area contributed by atoms with E-state index in [1.165, 1.54) is 5.57 Å². The maximum atomic E-state index is 5.01. The normalized spacial score (nSPS) is 13.4. The SMILES string of the molecule is C=c1c(OC)n[nH]/c1=C/C=C(/C)CC. The summed E-state index contributed by atoms with van der Waals surface area (Å²) in [5, 5.41) is 8.53. The average molecular weight is 192 g/mol. The van der Waals surface area contributed by atoms with Gasteiger partial charge in [0, 0.05) is 0 Å². The van der Waals surface area contributed by atoms with Gasteiger partial charge in [-0.15, -0.1) is 5.10 Å². The maximum Gasteiger partial charge on any atom is 0.239 e. The fourth-order valence-electron chi connectivity index (χ4n) is 1.01. The van der Waals surface area contributed by atoms with E-state index in [1.807, 2.05) is 6.08 Å². The molecule has 3 nitrogen and oxygen atoms in total. The third kappa shape index (κ3) is 2.25. The Morgan fingerprint density at radius 3 is 2.86 bits per heavy atom. The summed E-state index contributed by atoms with van der Waals surface area (Å²) in [6, 6.07) is 0. The van der Waals surface area contributed by atoms with Crippen molar-refractivity contribution in [3.8, 4) is 5.88 Å². The molecule has 0 spiro atoms. The number of H-pyrrole nitrogens is 1. The second-order valence-electron chi connectivity index (χ2n) is 3.16. The van der Waals surface area contributed by atoms with Crippen LogP contribution in [-0.4, -0.2) is 17.3 Å². The summed E-state index contributed by atoms with van der Waals surface area (Å²) in [4.78, 5) is 0. The van der Waals surface area contributed by atoms with Gasteiger partial charge < -0.3 is 4.74 Å². The molecule has 76 valence electrons. The third-order valence-electron chi connectivity index (χ3n) is 2.15. The molecule has 1 aromatic rings. The molecule has 14 heavy (non-hydrogen) atoms. The molecule has 1 heterocycles. The molecule has 0 aliphatic rings. The lowest BCUT2D eigenvalue weighted by atomic mass is 10.2. The number of ether oxygens (including phenoxy) is 1. The lowest BCUT2D eigenvalue weighted by Crippen LogP contribution is -2.21. The maximum absolute atomic E-state index is 5.01. The molecule has 0 amide bonds. The zero-order valence-electron chi connectivity index (χ0n) is 8.92. The number of rotatable bonds is 3. The molecule has 0 saturated heterocycles. The Balaban J connectivity index is 3.08. The molecule has 0 aliphatic carbocycles. The highest BCUT2D eigenvalue weighted by atomic mass is 16.5. The van der Waals surface area contributed by atoms with Gasteiger partial charge in [0.05, 0.1) is 17.7 Å². The summed E-state index contributed by atoms with van der Waals surface area (Å²) in [5.41, 5.74) is 1.32. The van der Waals surface area contributed by atoms with E-state index in [4.69, 9.17) is 4.74 Å². The summed E-state index contributed by atoms with van der Waals surface area (Å²) in [6.07, 6.45) is 5.08. The molecule has 0 radical (unpaired) electrons. The van der Waals surface area contributed by atoms with Gasteiger partial charge in [0.2, 0.25) is 5.88 Å². The van der Waals surface area contributed by atoms with Gasteiger partial charge in [0.25, 0.3) is 0 Å². The van der Waals surface area contributed by atoms with Gasteiger partial charge in [-0.2, -0.15) is 0 Å². The van der Waals surface area contributed by atoms with E-state index >= 15 is 0 Å². The van der Waals surface area contributed by atoms with Crippen molar-refractivity contribution in [1.29, 1.82) is 0 Å². The first-order valence-corrected chi connectivity index (χ1v) is 4.63. The van der Waals surface area contributed by atoms with Crippen LogP contribution >= 0.6 is 0 Å². The zero-order valence-corrected chi connectivity index (χ0v) is 8.92. The van der Waals surface area contributed by atoms with Gasteiger partial charge in [0.1, 0.15) is 0 Å². The van der Waals surface area contributed by atoms with Gasteiger partial charge >= 0.3 is 0 Å². The first-order chi connectivity index (χ1) is 6.69. The van der Waals surface area contributed by atoms with Crippen LogP contribution in [0.1, 0.15) is 20.3 Å².